The molecule has 0 unspecified atom stereocenters. The number of hydrogen-bond acceptors (Lipinski definition) is 6. The molecule has 2 heterocycles. The highest BCUT2D eigenvalue weighted by molar-refractivity contribution is 6.04. The zero-order chi connectivity index (χ0) is 19.2. The van der Waals surface area contributed by atoms with Crippen LogP contribution in [0.5, 0.6) is 11.5 Å². The Labute approximate surface area is 171 Å². The lowest BCUT2D eigenvalue weighted by atomic mass is 10.1. The Hall–Kier alpha value is -2.32. The number of anilines is 1. The molecule has 0 radical (unpaired) electrons. The second-order valence-electron chi connectivity index (χ2n) is 6.43. The molecule has 154 valence electrons. The van der Waals surface area contributed by atoms with E-state index in [0.717, 1.165) is 31.6 Å². The zero-order valence-electron chi connectivity index (χ0n) is 16.5. The lowest BCUT2D eigenvalue weighted by Crippen LogP contribution is -2.30. The van der Waals surface area contributed by atoms with Crippen LogP contribution < -0.4 is 20.1 Å². The van der Waals surface area contributed by atoms with Gasteiger partial charge in [0.05, 0.1) is 30.6 Å². The van der Waals surface area contributed by atoms with E-state index >= 15 is 0 Å². The number of ether oxygens (including phenoxy) is 2. The fourth-order valence-corrected chi connectivity index (χ4v) is 3.27. The van der Waals surface area contributed by atoms with Gasteiger partial charge in [-0.25, -0.2) is 4.68 Å². The fourth-order valence-electron chi connectivity index (χ4n) is 3.27. The van der Waals surface area contributed by atoms with Gasteiger partial charge >= 0.3 is 0 Å². The van der Waals surface area contributed by atoms with E-state index in [1.165, 1.54) is 0 Å². The van der Waals surface area contributed by atoms with E-state index in [1.807, 2.05) is 31.5 Å². The van der Waals surface area contributed by atoms with Crippen LogP contribution in [0, 0.1) is 6.92 Å². The number of hydrogen-bond donors (Lipinski definition) is 2. The molecule has 1 fully saturated rings. The monoisotopic (exact) mass is 409 g/mol. The highest BCUT2D eigenvalue weighted by Crippen LogP contribution is 2.30. The molecule has 0 saturated carbocycles. The maximum absolute atomic E-state index is 12.8. The summed E-state index contributed by atoms with van der Waals surface area (Å²) in [5.41, 5.74) is 1.67. The highest BCUT2D eigenvalue weighted by atomic mass is 35.5. The molecule has 0 bridgehead atoms. The Morgan fingerprint density at radius 2 is 1.96 bits per heavy atom. The fraction of sp³-hybridized carbons (Fsp3) is 0.526. The molecule has 8 nitrogen and oxygen atoms in total. The maximum Gasteiger partial charge on any atom is 0.278 e. The second-order valence-corrected chi connectivity index (χ2v) is 6.43. The predicted octanol–water partition coefficient (Wildman–Crippen LogP) is 2.98. The lowest BCUT2D eigenvalue weighted by molar-refractivity contribution is 0.102. The number of carbonyl (C=O) groups is 1. The first-order valence-electron chi connectivity index (χ1n) is 9.47. The number of piperidine rings is 1. The van der Waals surface area contributed by atoms with Crippen LogP contribution in [0.2, 0.25) is 0 Å². The van der Waals surface area contributed by atoms with Crippen molar-refractivity contribution in [3.05, 3.63) is 29.6 Å². The summed E-state index contributed by atoms with van der Waals surface area (Å²) in [5, 5.41) is 14.6. The normalized spacial score (nSPS) is 14.2. The van der Waals surface area contributed by atoms with Gasteiger partial charge in [-0.3, -0.25) is 4.79 Å². The molecule has 0 aliphatic carbocycles. The molecule has 9 heteroatoms. The van der Waals surface area contributed by atoms with Gasteiger partial charge in [-0.15, -0.1) is 17.5 Å². The number of amides is 1. The van der Waals surface area contributed by atoms with Gasteiger partial charge in [0.2, 0.25) is 0 Å². The average molecular weight is 410 g/mol. The Balaban J connectivity index is 0.00000280. The summed E-state index contributed by atoms with van der Waals surface area (Å²) in [6.07, 6.45) is 1.96. The van der Waals surface area contributed by atoms with Gasteiger partial charge in [-0.2, -0.15) is 0 Å². The molecule has 0 spiro atoms. The Morgan fingerprint density at radius 3 is 2.64 bits per heavy atom. The van der Waals surface area contributed by atoms with Gasteiger partial charge in [0.25, 0.3) is 5.91 Å². The minimum absolute atomic E-state index is 0. The van der Waals surface area contributed by atoms with Gasteiger partial charge in [0.1, 0.15) is 11.5 Å². The second kappa shape index (κ2) is 10.3. The highest BCUT2D eigenvalue weighted by Gasteiger charge is 2.23. The summed E-state index contributed by atoms with van der Waals surface area (Å²) in [6.45, 7) is 8.65. The number of nitrogens with one attached hydrogen (secondary N) is 2. The van der Waals surface area contributed by atoms with Crippen LogP contribution in [0.4, 0.5) is 5.69 Å². The van der Waals surface area contributed by atoms with Crippen LogP contribution >= 0.6 is 12.4 Å². The van der Waals surface area contributed by atoms with E-state index in [-0.39, 0.29) is 24.4 Å². The Bertz CT molecular complexity index is 790. The van der Waals surface area contributed by atoms with Crippen molar-refractivity contribution in [2.24, 2.45) is 0 Å². The van der Waals surface area contributed by atoms with Crippen LogP contribution in [0.15, 0.2) is 18.2 Å². The molecule has 1 amide bonds. The molecular weight excluding hydrogens is 382 g/mol. The van der Waals surface area contributed by atoms with Crippen molar-refractivity contribution in [3.8, 4) is 11.5 Å². The zero-order valence-corrected chi connectivity index (χ0v) is 17.3. The van der Waals surface area contributed by atoms with Crippen molar-refractivity contribution < 1.29 is 14.3 Å². The van der Waals surface area contributed by atoms with E-state index in [2.05, 4.69) is 20.9 Å². The smallest absolute Gasteiger partial charge is 0.278 e. The van der Waals surface area contributed by atoms with Crippen molar-refractivity contribution in [2.45, 2.75) is 39.7 Å². The molecular formula is C19H28ClN5O3. The molecule has 1 aromatic heterocycles. The van der Waals surface area contributed by atoms with Gasteiger partial charge in [-0.1, -0.05) is 5.21 Å². The summed E-state index contributed by atoms with van der Waals surface area (Å²) < 4.78 is 13.0. The van der Waals surface area contributed by atoms with Crippen LogP contribution in [0.3, 0.4) is 0 Å². The van der Waals surface area contributed by atoms with E-state index < -0.39 is 0 Å². The summed E-state index contributed by atoms with van der Waals surface area (Å²) >= 11 is 0. The van der Waals surface area contributed by atoms with E-state index in [4.69, 9.17) is 9.47 Å². The van der Waals surface area contributed by atoms with E-state index in [0.29, 0.717) is 36.1 Å². The van der Waals surface area contributed by atoms with Crippen LogP contribution in [0.25, 0.3) is 0 Å². The first-order valence-corrected chi connectivity index (χ1v) is 9.47. The SMILES string of the molecule is CCOc1ccc(OCC)c(NC(=O)c2nnn(C3CCNCC3)c2C)c1.Cl. The topological polar surface area (TPSA) is 90.3 Å². The van der Waals surface area contributed by atoms with E-state index in [1.54, 1.807) is 12.1 Å². The van der Waals surface area contributed by atoms with E-state index in [9.17, 15) is 4.79 Å². The quantitative estimate of drug-likeness (QED) is 0.730. The first-order chi connectivity index (χ1) is 13.1. The number of nitrogens with zero attached hydrogens (tertiary/aromatic N) is 3. The molecule has 0 atom stereocenters. The van der Waals surface area contributed by atoms with Crippen molar-refractivity contribution >= 4 is 24.0 Å². The third-order valence-corrected chi connectivity index (χ3v) is 4.61. The largest absolute Gasteiger partial charge is 0.494 e. The summed E-state index contributed by atoms with van der Waals surface area (Å²) in [6, 6.07) is 5.66. The van der Waals surface area contributed by atoms with Gasteiger partial charge in [0, 0.05) is 6.07 Å². The van der Waals surface area contributed by atoms with Crippen molar-refractivity contribution in [1.82, 2.24) is 20.3 Å². The van der Waals surface area contributed by atoms with Gasteiger partial charge in [-0.05, 0) is 58.8 Å². The molecule has 2 aromatic rings. The molecule has 1 aromatic carbocycles. The minimum atomic E-state index is -0.303. The Morgan fingerprint density at radius 1 is 1.25 bits per heavy atom. The molecule has 1 saturated heterocycles. The van der Waals surface area contributed by atoms with Gasteiger partial charge < -0.3 is 20.1 Å². The molecule has 3 rings (SSSR count). The predicted molar refractivity (Wildman–Crippen MR) is 110 cm³/mol. The number of benzene rings is 1. The molecule has 1 aliphatic heterocycles. The maximum atomic E-state index is 12.8. The van der Waals surface area contributed by atoms with Crippen molar-refractivity contribution in [1.29, 1.82) is 0 Å². The first kappa shape index (κ1) is 22.0. The van der Waals surface area contributed by atoms with Crippen molar-refractivity contribution in [3.63, 3.8) is 0 Å². The average Bonchev–Trinajstić information content (AvgIpc) is 3.06. The summed E-state index contributed by atoms with van der Waals surface area (Å²) in [5.74, 6) is 0.964. The van der Waals surface area contributed by atoms with Crippen LogP contribution in [-0.4, -0.2) is 47.2 Å². The standard InChI is InChI=1S/C19H27N5O3.ClH/c1-4-26-15-6-7-17(27-5-2)16(12-15)21-19(25)18-13(3)24(23-22-18)14-8-10-20-11-9-14;/h6-7,12,14,20H,4-5,8-11H2,1-3H3,(H,21,25);1H. The summed E-state index contributed by atoms with van der Waals surface area (Å²) in [7, 11) is 0. The lowest BCUT2D eigenvalue weighted by Gasteiger charge is -2.23. The summed E-state index contributed by atoms with van der Waals surface area (Å²) in [4.78, 5) is 12.8. The molecule has 28 heavy (non-hydrogen) atoms. The minimum Gasteiger partial charge on any atom is -0.494 e. The van der Waals surface area contributed by atoms with Crippen molar-refractivity contribution in [2.75, 3.05) is 31.6 Å². The van der Waals surface area contributed by atoms with Gasteiger partial charge in [0.15, 0.2) is 5.69 Å². The number of halogens is 1. The number of carbonyl (C=O) groups excluding carboxylic acids is 1. The third-order valence-electron chi connectivity index (χ3n) is 4.61. The number of rotatable bonds is 7. The molecule has 1 aliphatic rings. The third kappa shape index (κ3) is 4.94. The molecule has 2 N–H and O–H groups in total. The Kier molecular flexibility index (Phi) is 8.07. The van der Waals surface area contributed by atoms with Crippen LogP contribution in [0.1, 0.15) is 48.9 Å². The van der Waals surface area contributed by atoms with Crippen LogP contribution in [-0.2, 0) is 0 Å². The number of aromatic nitrogens is 3.